The molecule has 0 saturated heterocycles. The van der Waals surface area contributed by atoms with E-state index in [0.717, 1.165) is 12.8 Å². The topological polar surface area (TPSA) is 30.5 Å². The molecule has 5 heteroatoms. The zero-order valence-electron chi connectivity index (χ0n) is 12.7. The Labute approximate surface area is 124 Å². The minimum Gasteiger partial charge on any atom is -0.497 e. The fourth-order valence-corrected chi connectivity index (χ4v) is 2.88. The van der Waals surface area contributed by atoms with Crippen LogP contribution in [-0.4, -0.2) is 19.8 Å². The van der Waals surface area contributed by atoms with Gasteiger partial charge in [0.25, 0.3) is 0 Å². The lowest BCUT2D eigenvalue weighted by Crippen LogP contribution is -2.33. The third-order valence-corrected chi connectivity index (χ3v) is 4.20. The van der Waals surface area contributed by atoms with Gasteiger partial charge in [0, 0.05) is 12.1 Å². The highest BCUT2D eigenvalue weighted by Crippen LogP contribution is 2.35. The van der Waals surface area contributed by atoms with E-state index >= 15 is 0 Å². The van der Waals surface area contributed by atoms with Gasteiger partial charge in [0.15, 0.2) is 0 Å². The third-order valence-electron chi connectivity index (χ3n) is 4.20. The summed E-state index contributed by atoms with van der Waals surface area (Å²) in [6.07, 6.45) is 3.40. The van der Waals surface area contributed by atoms with E-state index < -0.39 is 6.61 Å². The van der Waals surface area contributed by atoms with Gasteiger partial charge in [-0.15, -0.1) is 0 Å². The average Bonchev–Trinajstić information content (AvgIpc) is 2.44. The molecule has 3 nitrogen and oxygen atoms in total. The summed E-state index contributed by atoms with van der Waals surface area (Å²) in [4.78, 5) is 0. The molecule has 1 aromatic rings. The maximum Gasteiger partial charge on any atom is 0.387 e. The lowest BCUT2D eigenvalue weighted by molar-refractivity contribution is -0.0494. The summed E-state index contributed by atoms with van der Waals surface area (Å²) >= 11 is 0. The molecule has 1 aromatic carbocycles. The van der Waals surface area contributed by atoms with Gasteiger partial charge in [-0.3, -0.25) is 0 Å². The maximum atomic E-state index is 12.5. The molecule has 0 spiro atoms. The van der Waals surface area contributed by atoms with Crippen molar-refractivity contribution in [2.45, 2.75) is 45.8 Å². The first-order chi connectivity index (χ1) is 9.99. The average molecular weight is 299 g/mol. The third kappa shape index (κ3) is 4.22. The molecule has 0 aliphatic heterocycles. The van der Waals surface area contributed by atoms with Gasteiger partial charge in [-0.05, 0) is 36.8 Å². The minimum absolute atomic E-state index is 0.163. The van der Waals surface area contributed by atoms with E-state index in [1.54, 1.807) is 19.2 Å². The van der Waals surface area contributed by atoms with Gasteiger partial charge in [0.1, 0.15) is 11.5 Å². The van der Waals surface area contributed by atoms with Gasteiger partial charge in [-0.1, -0.05) is 20.3 Å². The molecule has 21 heavy (non-hydrogen) atoms. The monoisotopic (exact) mass is 299 g/mol. The van der Waals surface area contributed by atoms with Crippen LogP contribution in [0.2, 0.25) is 0 Å². The van der Waals surface area contributed by atoms with Crippen molar-refractivity contribution in [3.63, 3.8) is 0 Å². The van der Waals surface area contributed by atoms with E-state index in [1.807, 2.05) is 0 Å². The second-order valence-electron chi connectivity index (χ2n) is 5.89. The number of ether oxygens (including phenoxy) is 2. The maximum absolute atomic E-state index is 12.5. The van der Waals surface area contributed by atoms with Crippen molar-refractivity contribution in [1.29, 1.82) is 0 Å². The van der Waals surface area contributed by atoms with Crippen LogP contribution in [0.25, 0.3) is 0 Å². The van der Waals surface area contributed by atoms with Crippen molar-refractivity contribution < 1.29 is 18.3 Å². The van der Waals surface area contributed by atoms with Crippen LogP contribution in [0.4, 0.5) is 14.5 Å². The molecule has 0 bridgehead atoms. The molecule has 1 fully saturated rings. The summed E-state index contributed by atoms with van der Waals surface area (Å²) in [5.41, 5.74) is 0.570. The van der Waals surface area contributed by atoms with Crippen LogP contribution in [0.15, 0.2) is 18.2 Å². The van der Waals surface area contributed by atoms with Gasteiger partial charge >= 0.3 is 6.61 Å². The lowest BCUT2D eigenvalue weighted by Gasteiger charge is -2.34. The second kappa shape index (κ2) is 6.96. The van der Waals surface area contributed by atoms with Crippen molar-refractivity contribution in [3.05, 3.63) is 18.2 Å². The lowest BCUT2D eigenvalue weighted by atomic mass is 9.80. The van der Waals surface area contributed by atoms with Crippen LogP contribution in [0.5, 0.6) is 11.5 Å². The second-order valence-corrected chi connectivity index (χ2v) is 5.89. The summed E-state index contributed by atoms with van der Waals surface area (Å²) in [5, 5.41) is 3.37. The quantitative estimate of drug-likeness (QED) is 0.866. The van der Waals surface area contributed by atoms with E-state index in [2.05, 4.69) is 23.9 Å². The smallest absolute Gasteiger partial charge is 0.387 e. The Morgan fingerprint density at radius 3 is 2.67 bits per heavy atom. The van der Waals surface area contributed by atoms with Gasteiger partial charge < -0.3 is 14.8 Å². The van der Waals surface area contributed by atoms with E-state index in [4.69, 9.17) is 4.74 Å². The summed E-state index contributed by atoms with van der Waals surface area (Å²) < 4.78 is 34.8. The zero-order valence-corrected chi connectivity index (χ0v) is 12.7. The minimum atomic E-state index is -2.83. The predicted molar refractivity (Wildman–Crippen MR) is 79.2 cm³/mol. The standard InChI is InChI=1S/C16H23F2NO2/c1-10-4-5-11(2)13(8-10)19-14-9-12(20-3)6-7-15(14)21-16(17)18/h6-7,9-11,13,16,19H,4-5,8H2,1-3H3. The number of hydrogen-bond donors (Lipinski definition) is 1. The highest BCUT2D eigenvalue weighted by molar-refractivity contribution is 5.60. The molecule has 0 aromatic heterocycles. The summed E-state index contributed by atoms with van der Waals surface area (Å²) in [5.74, 6) is 1.93. The fraction of sp³-hybridized carbons (Fsp3) is 0.625. The Kier molecular flexibility index (Phi) is 5.26. The Morgan fingerprint density at radius 2 is 2.00 bits per heavy atom. The number of anilines is 1. The van der Waals surface area contributed by atoms with Crippen LogP contribution >= 0.6 is 0 Å². The largest absolute Gasteiger partial charge is 0.497 e. The predicted octanol–water partition coefficient (Wildman–Crippen LogP) is 4.53. The highest BCUT2D eigenvalue weighted by Gasteiger charge is 2.26. The van der Waals surface area contributed by atoms with Crippen molar-refractivity contribution in [2.24, 2.45) is 11.8 Å². The number of rotatable bonds is 5. The molecule has 2 rings (SSSR count). The SMILES string of the molecule is COc1ccc(OC(F)F)c(NC2CC(C)CCC2C)c1. The highest BCUT2D eigenvalue weighted by atomic mass is 19.3. The molecular formula is C16H23F2NO2. The molecule has 3 unspecified atom stereocenters. The van der Waals surface area contributed by atoms with Crippen LogP contribution in [0.3, 0.4) is 0 Å². The normalized spacial score (nSPS) is 25.7. The van der Waals surface area contributed by atoms with Gasteiger partial charge in [-0.25, -0.2) is 0 Å². The Morgan fingerprint density at radius 1 is 1.24 bits per heavy atom. The van der Waals surface area contributed by atoms with Crippen LogP contribution in [0.1, 0.15) is 33.1 Å². The number of halogens is 2. The summed E-state index contributed by atoms with van der Waals surface area (Å²) in [7, 11) is 1.55. The van der Waals surface area contributed by atoms with Crippen molar-refractivity contribution >= 4 is 5.69 Å². The number of nitrogens with one attached hydrogen (secondary N) is 1. The molecule has 1 saturated carbocycles. The first-order valence-electron chi connectivity index (χ1n) is 7.39. The molecule has 1 aliphatic rings. The number of methoxy groups -OCH3 is 1. The van der Waals surface area contributed by atoms with Crippen LogP contribution in [0, 0.1) is 11.8 Å². The van der Waals surface area contributed by atoms with E-state index in [0.29, 0.717) is 23.3 Å². The van der Waals surface area contributed by atoms with E-state index in [-0.39, 0.29) is 11.8 Å². The Hall–Kier alpha value is -1.52. The molecule has 118 valence electrons. The van der Waals surface area contributed by atoms with Crippen LogP contribution < -0.4 is 14.8 Å². The van der Waals surface area contributed by atoms with Crippen LogP contribution in [-0.2, 0) is 0 Å². The number of hydrogen-bond acceptors (Lipinski definition) is 3. The molecule has 0 amide bonds. The van der Waals surface area contributed by atoms with Gasteiger partial charge in [0.05, 0.1) is 12.8 Å². The molecule has 1 aliphatic carbocycles. The van der Waals surface area contributed by atoms with Crippen molar-refractivity contribution in [2.75, 3.05) is 12.4 Å². The molecule has 0 radical (unpaired) electrons. The van der Waals surface area contributed by atoms with E-state index in [1.165, 1.54) is 12.5 Å². The zero-order chi connectivity index (χ0) is 15.4. The molecule has 1 N–H and O–H groups in total. The fourth-order valence-electron chi connectivity index (χ4n) is 2.88. The number of benzene rings is 1. The van der Waals surface area contributed by atoms with Gasteiger partial charge in [0.2, 0.25) is 0 Å². The first kappa shape index (κ1) is 15.9. The van der Waals surface area contributed by atoms with Crippen molar-refractivity contribution in [3.8, 4) is 11.5 Å². The first-order valence-corrected chi connectivity index (χ1v) is 7.39. The van der Waals surface area contributed by atoms with Gasteiger partial charge in [-0.2, -0.15) is 8.78 Å². The van der Waals surface area contributed by atoms with E-state index in [9.17, 15) is 8.78 Å². The summed E-state index contributed by atoms with van der Waals surface area (Å²) in [6.45, 7) is 1.58. The Bertz CT molecular complexity index is 468. The molecule has 0 heterocycles. The number of alkyl halides is 2. The van der Waals surface area contributed by atoms with Crippen molar-refractivity contribution in [1.82, 2.24) is 0 Å². The molecule has 3 atom stereocenters. The summed E-state index contributed by atoms with van der Waals surface area (Å²) in [6, 6.07) is 5.12. The Balaban J connectivity index is 2.19. The molecular weight excluding hydrogens is 276 g/mol.